The minimum atomic E-state index is -1.26. The first-order valence-electron chi connectivity index (χ1n) is 8.45. The molecule has 4 atom stereocenters. The van der Waals surface area contributed by atoms with Gasteiger partial charge in [0.05, 0.1) is 11.1 Å². The Morgan fingerprint density at radius 2 is 1.42 bits per heavy atom. The molecule has 1 aliphatic rings. The molecule has 1 N–H and O–H groups in total. The van der Waals surface area contributed by atoms with E-state index in [2.05, 4.69) is 0 Å². The number of ether oxygens (including phenoxy) is 3. The minimum Gasteiger partial charge on any atom is -0.453 e. The van der Waals surface area contributed by atoms with Gasteiger partial charge in [0.1, 0.15) is 6.10 Å². The second-order valence-corrected chi connectivity index (χ2v) is 5.95. The summed E-state index contributed by atoms with van der Waals surface area (Å²) in [4.78, 5) is 24.4. The Hall–Kier alpha value is -2.70. The average molecular weight is 356 g/mol. The zero-order valence-electron chi connectivity index (χ0n) is 14.3. The molecule has 6 nitrogen and oxygen atoms in total. The first-order chi connectivity index (χ1) is 12.6. The lowest BCUT2D eigenvalue weighted by molar-refractivity contribution is -0.134. The summed E-state index contributed by atoms with van der Waals surface area (Å²) in [5.41, 5.74) is 0.723. The summed E-state index contributed by atoms with van der Waals surface area (Å²) in [5.74, 6) is -1.17. The van der Waals surface area contributed by atoms with E-state index in [4.69, 9.17) is 14.2 Å². The molecule has 26 heavy (non-hydrogen) atoms. The molecule has 0 bridgehead atoms. The van der Waals surface area contributed by atoms with Crippen LogP contribution >= 0.6 is 0 Å². The summed E-state index contributed by atoms with van der Waals surface area (Å²) in [6.45, 7) is 1.84. The number of hydrogen-bond acceptors (Lipinski definition) is 6. The number of rotatable bonds is 5. The van der Waals surface area contributed by atoms with Crippen molar-refractivity contribution in [2.24, 2.45) is 0 Å². The van der Waals surface area contributed by atoms with Crippen LogP contribution in [0, 0.1) is 0 Å². The second-order valence-electron chi connectivity index (χ2n) is 5.95. The molecule has 2 aromatic rings. The third kappa shape index (κ3) is 3.92. The van der Waals surface area contributed by atoms with Crippen molar-refractivity contribution in [1.82, 2.24) is 0 Å². The SMILES string of the molecule is CC[C@H]1O[C@H](OC(=O)c2ccccc2)[C@H](O)[C@@H]1OC(=O)c1ccccc1. The summed E-state index contributed by atoms with van der Waals surface area (Å²) < 4.78 is 16.3. The fraction of sp³-hybridized carbons (Fsp3) is 0.300. The number of hydrogen-bond donors (Lipinski definition) is 1. The standard InChI is InChI=1S/C20H20O6/c1-2-15-17(25-18(22)13-9-5-3-6-10-13)16(21)20(24-15)26-19(23)14-11-7-4-8-12-14/h3-12,15-17,20-21H,2H2,1H3/t15-,16-,17-,20-/m1/s1. The van der Waals surface area contributed by atoms with Gasteiger partial charge in [0.15, 0.2) is 12.2 Å². The summed E-state index contributed by atoms with van der Waals surface area (Å²) in [7, 11) is 0. The zero-order valence-corrected chi connectivity index (χ0v) is 14.3. The number of carbonyl (C=O) groups excluding carboxylic acids is 2. The van der Waals surface area contributed by atoms with E-state index in [1.54, 1.807) is 60.7 Å². The van der Waals surface area contributed by atoms with Gasteiger partial charge in [-0.05, 0) is 30.7 Å². The van der Waals surface area contributed by atoms with E-state index in [0.717, 1.165) is 0 Å². The van der Waals surface area contributed by atoms with E-state index < -0.39 is 36.5 Å². The predicted molar refractivity (Wildman–Crippen MR) is 92.5 cm³/mol. The first-order valence-corrected chi connectivity index (χ1v) is 8.45. The Labute approximate surface area is 151 Å². The molecule has 0 saturated carbocycles. The fourth-order valence-corrected chi connectivity index (χ4v) is 2.79. The van der Waals surface area contributed by atoms with Crippen LogP contribution in [0.1, 0.15) is 34.1 Å². The van der Waals surface area contributed by atoms with Crippen LogP contribution in [0.3, 0.4) is 0 Å². The van der Waals surface area contributed by atoms with Gasteiger partial charge < -0.3 is 19.3 Å². The minimum absolute atomic E-state index is 0.348. The lowest BCUT2D eigenvalue weighted by Gasteiger charge is -2.19. The molecule has 0 aromatic heterocycles. The van der Waals surface area contributed by atoms with Crippen LogP contribution in [0.15, 0.2) is 60.7 Å². The summed E-state index contributed by atoms with van der Waals surface area (Å²) in [6, 6.07) is 16.9. The number of benzene rings is 2. The van der Waals surface area contributed by atoms with Gasteiger partial charge in [-0.15, -0.1) is 0 Å². The lowest BCUT2D eigenvalue weighted by atomic mass is 10.1. The molecule has 136 valence electrons. The van der Waals surface area contributed by atoms with Crippen LogP contribution in [-0.4, -0.2) is 41.6 Å². The Morgan fingerprint density at radius 1 is 0.923 bits per heavy atom. The molecule has 3 rings (SSSR count). The lowest BCUT2D eigenvalue weighted by Crippen LogP contribution is -2.38. The highest BCUT2D eigenvalue weighted by Gasteiger charge is 2.47. The molecule has 0 unspecified atom stereocenters. The van der Waals surface area contributed by atoms with Gasteiger partial charge in [-0.3, -0.25) is 0 Å². The normalized spacial score (nSPS) is 24.8. The highest BCUT2D eigenvalue weighted by atomic mass is 16.7. The summed E-state index contributed by atoms with van der Waals surface area (Å²) in [6.07, 6.45) is -3.45. The van der Waals surface area contributed by atoms with Crippen molar-refractivity contribution < 1.29 is 28.9 Å². The van der Waals surface area contributed by atoms with Gasteiger partial charge in [-0.2, -0.15) is 0 Å². The quantitative estimate of drug-likeness (QED) is 0.829. The monoisotopic (exact) mass is 356 g/mol. The van der Waals surface area contributed by atoms with Gasteiger partial charge in [-0.25, -0.2) is 9.59 Å². The molecule has 0 radical (unpaired) electrons. The summed E-state index contributed by atoms with van der Waals surface area (Å²) in [5, 5.41) is 10.5. The van der Waals surface area contributed by atoms with Crippen molar-refractivity contribution in [1.29, 1.82) is 0 Å². The molecule has 1 aliphatic heterocycles. The van der Waals surface area contributed by atoms with Crippen molar-refractivity contribution in [3.05, 3.63) is 71.8 Å². The van der Waals surface area contributed by atoms with Crippen LogP contribution < -0.4 is 0 Å². The Kier molecular flexibility index (Phi) is 5.65. The maximum Gasteiger partial charge on any atom is 0.340 e. The maximum absolute atomic E-state index is 12.3. The first kappa shape index (κ1) is 18.1. The third-order valence-electron chi connectivity index (χ3n) is 4.18. The van der Waals surface area contributed by atoms with Crippen molar-refractivity contribution in [2.45, 2.75) is 37.9 Å². The third-order valence-corrected chi connectivity index (χ3v) is 4.18. The van der Waals surface area contributed by atoms with Crippen molar-refractivity contribution >= 4 is 11.9 Å². The Bertz CT molecular complexity index is 745. The largest absolute Gasteiger partial charge is 0.453 e. The maximum atomic E-state index is 12.3. The molecule has 1 heterocycles. The van der Waals surface area contributed by atoms with Crippen LogP contribution in [-0.2, 0) is 14.2 Å². The zero-order chi connectivity index (χ0) is 18.5. The molecule has 1 fully saturated rings. The predicted octanol–water partition coefficient (Wildman–Crippen LogP) is 2.56. The van der Waals surface area contributed by atoms with Crippen molar-refractivity contribution in [2.75, 3.05) is 0 Å². The van der Waals surface area contributed by atoms with E-state index in [1.165, 1.54) is 0 Å². The van der Waals surface area contributed by atoms with Crippen molar-refractivity contribution in [3.63, 3.8) is 0 Å². The molecule has 1 saturated heterocycles. The molecule has 0 aliphatic carbocycles. The molecule has 2 aromatic carbocycles. The van der Waals surface area contributed by atoms with Gasteiger partial charge >= 0.3 is 11.9 Å². The highest BCUT2D eigenvalue weighted by Crippen LogP contribution is 2.28. The number of esters is 2. The number of aliphatic hydroxyl groups is 1. The van der Waals surface area contributed by atoms with Crippen LogP contribution in [0.25, 0.3) is 0 Å². The molecule has 6 heteroatoms. The molecular weight excluding hydrogens is 336 g/mol. The number of aliphatic hydroxyl groups excluding tert-OH is 1. The fourth-order valence-electron chi connectivity index (χ4n) is 2.79. The van der Waals surface area contributed by atoms with Crippen LogP contribution in [0.2, 0.25) is 0 Å². The van der Waals surface area contributed by atoms with Crippen LogP contribution in [0.5, 0.6) is 0 Å². The van der Waals surface area contributed by atoms with E-state index in [0.29, 0.717) is 17.5 Å². The molecular formula is C20H20O6. The topological polar surface area (TPSA) is 82.1 Å². The van der Waals surface area contributed by atoms with Gasteiger partial charge in [0.2, 0.25) is 6.29 Å². The molecule has 0 amide bonds. The Balaban J connectivity index is 1.67. The summed E-state index contributed by atoms with van der Waals surface area (Å²) >= 11 is 0. The van der Waals surface area contributed by atoms with E-state index in [9.17, 15) is 14.7 Å². The Morgan fingerprint density at radius 3 is 1.92 bits per heavy atom. The highest BCUT2D eigenvalue weighted by molar-refractivity contribution is 5.90. The second kappa shape index (κ2) is 8.12. The van der Waals surface area contributed by atoms with E-state index in [1.807, 2.05) is 6.92 Å². The van der Waals surface area contributed by atoms with E-state index in [-0.39, 0.29) is 0 Å². The number of carbonyl (C=O) groups is 2. The van der Waals surface area contributed by atoms with E-state index >= 15 is 0 Å². The molecule has 0 spiro atoms. The van der Waals surface area contributed by atoms with Crippen LogP contribution in [0.4, 0.5) is 0 Å². The van der Waals surface area contributed by atoms with Gasteiger partial charge in [-0.1, -0.05) is 43.3 Å². The van der Waals surface area contributed by atoms with Gasteiger partial charge in [0, 0.05) is 0 Å². The average Bonchev–Trinajstić information content (AvgIpc) is 2.98. The van der Waals surface area contributed by atoms with Crippen molar-refractivity contribution in [3.8, 4) is 0 Å². The smallest absolute Gasteiger partial charge is 0.340 e. The van der Waals surface area contributed by atoms with Gasteiger partial charge in [0.25, 0.3) is 0 Å².